The molecule has 1 aliphatic heterocycles. The molecule has 43 heavy (non-hydrogen) atoms. The summed E-state index contributed by atoms with van der Waals surface area (Å²) >= 11 is 6.08. The number of benzene rings is 2. The van der Waals surface area contributed by atoms with Crippen LogP contribution >= 0.6 is 11.6 Å². The first-order chi connectivity index (χ1) is 20.3. The molecule has 3 aromatic rings. The van der Waals surface area contributed by atoms with Gasteiger partial charge < -0.3 is 19.7 Å². The Hall–Kier alpha value is -3.88. The van der Waals surface area contributed by atoms with Crippen molar-refractivity contribution >= 4 is 45.4 Å². The molecule has 2 heterocycles. The number of carbonyl (C=O) groups is 1. The monoisotopic (exact) mass is 644 g/mol. The number of aliphatic hydroxyl groups excluding tert-OH is 1. The zero-order valence-electron chi connectivity index (χ0n) is 22.2. The third-order valence-corrected chi connectivity index (χ3v) is 8.40. The fraction of sp³-hybridized carbons (Fsp3) is 0.286. The second-order valence-electron chi connectivity index (χ2n) is 9.35. The molecule has 0 saturated carbocycles. The van der Waals surface area contributed by atoms with E-state index in [0.717, 1.165) is 4.31 Å². The van der Waals surface area contributed by atoms with Crippen molar-refractivity contribution in [2.24, 2.45) is 0 Å². The number of hydrogen-bond acceptors (Lipinski definition) is 7. The van der Waals surface area contributed by atoms with E-state index >= 15 is 0 Å². The Morgan fingerprint density at radius 1 is 1.21 bits per heavy atom. The summed E-state index contributed by atoms with van der Waals surface area (Å²) in [7, 11) is -4.84. The standard InChI is InChI=1S/C28H25ClF4N2O7S/c29-21-3-1-4-22(30)20(21)8-5-17-6-9-24-23(13-17)35(16-19(42-24)7-10-26(37)38)43(39,40)25-14-18(28(31,32)33)15-34-27(25)41-12-2-11-36/h1,3-6,8-9,13-15,19,36H,2,7,10-12,16H2,(H,37,38)/b8-5+/t19-/m0/s1. The first-order valence-electron chi connectivity index (χ1n) is 12.8. The van der Waals surface area contributed by atoms with Crippen molar-refractivity contribution in [1.82, 2.24) is 4.98 Å². The summed E-state index contributed by atoms with van der Waals surface area (Å²) in [6.45, 7) is -0.994. The molecule has 1 atom stereocenters. The summed E-state index contributed by atoms with van der Waals surface area (Å²) in [5.74, 6) is -2.34. The number of carboxylic acid groups (broad SMARTS) is 1. The number of anilines is 1. The first-order valence-corrected chi connectivity index (χ1v) is 14.6. The van der Waals surface area contributed by atoms with Gasteiger partial charge in [0.1, 0.15) is 17.7 Å². The molecule has 0 amide bonds. The number of carboxylic acids is 1. The average Bonchev–Trinajstić information content (AvgIpc) is 2.95. The Morgan fingerprint density at radius 3 is 2.65 bits per heavy atom. The van der Waals surface area contributed by atoms with Crippen molar-refractivity contribution in [3.05, 3.63) is 76.2 Å². The number of aromatic nitrogens is 1. The van der Waals surface area contributed by atoms with Gasteiger partial charge in [0.2, 0.25) is 5.88 Å². The van der Waals surface area contributed by atoms with Gasteiger partial charge in [0.15, 0.2) is 4.90 Å². The van der Waals surface area contributed by atoms with Gasteiger partial charge in [-0.1, -0.05) is 29.8 Å². The Balaban J connectivity index is 1.82. The van der Waals surface area contributed by atoms with E-state index in [4.69, 9.17) is 31.3 Å². The van der Waals surface area contributed by atoms with Crippen molar-refractivity contribution in [2.75, 3.05) is 24.1 Å². The average molecular weight is 645 g/mol. The largest absolute Gasteiger partial charge is 0.486 e. The predicted octanol–water partition coefficient (Wildman–Crippen LogP) is 5.65. The fourth-order valence-corrected chi connectivity index (χ4v) is 6.01. The number of fused-ring (bicyclic) bond motifs is 1. The lowest BCUT2D eigenvalue weighted by molar-refractivity contribution is -0.138. The van der Waals surface area contributed by atoms with E-state index in [0.29, 0.717) is 17.8 Å². The molecule has 0 radical (unpaired) electrons. The Labute approximate surface area is 249 Å². The summed E-state index contributed by atoms with van der Waals surface area (Å²) < 4.78 is 95.3. The molecule has 4 rings (SSSR count). The number of sulfonamides is 1. The minimum Gasteiger partial charge on any atom is -0.486 e. The molecule has 9 nitrogen and oxygen atoms in total. The fourth-order valence-electron chi connectivity index (χ4n) is 4.18. The molecule has 1 aliphatic rings. The highest BCUT2D eigenvalue weighted by Crippen LogP contribution is 2.41. The number of rotatable bonds is 11. The van der Waals surface area contributed by atoms with Crippen LogP contribution in [-0.4, -0.2) is 55.4 Å². The highest BCUT2D eigenvalue weighted by atomic mass is 35.5. The van der Waals surface area contributed by atoms with Gasteiger partial charge in [-0.05, 0) is 48.4 Å². The molecule has 2 N–H and O–H groups in total. The number of aliphatic carboxylic acids is 1. The van der Waals surface area contributed by atoms with Crippen LogP contribution < -0.4 is 13.8 Å². The van der Waals surface area contributed by atoms with Gasteiger partial charge in [0.05, 0.1) is 29.4 Å². The normalized spacial score (nSPS) is 15.3. The number of hydrogen-bond donors (Lipinski definition) is 2. The van der Waals surface area contributed by atoms with Gasteiger partial charge >= 0.3 is 12.1 Å². The van der Waals surface area contributed by atoms with Crippen LogP contribution in [0.4, 0.5) is 23.2 Å². The van der Waals surface area contributed by atoms with Crippen LogP contribution in [0.15, 0.2) is 53.6 Å². The molecule has 2 aromatic carbocycles. The van der Waals surface area contributed by atoms with Gasteiger partial charge in [-0.2, -0.15) is 13.2 Å². The Bertz CT molecular complexity index is 1610. The van der Waals surface area contributed by atoms with Crippen LogP contribution in [0.25, 0.3) is 12.2 Å². The molecule has 0 fully saturated rings. The minimum atomic E-state index is -4.93. The van der Waals surface area contributed by atoms with E-state index in [1.165, 1.54) is 48.6 Å². The van der Waals surface area contributed by atoms with Crippen LogP contribution in [0.1, 0.15) is 36.0 Å². The van der Waals surface area contributed by atoms with E-state index in [1.807, 2.05) is 0 Å². The van der Waals surface area contributed by atoms with Gasteiger partial charge in [0.25, 0.3) is 10.0 Å². The lowest BCUT2D eigenvalue weighted by atomic mass is 10.1. The number of pyridine rings is 1. The topological polar surface area (TPSA) is 126 Å². The maximum absolute atomic E-state index is 14.3. The van der Waals surface area contributed by atoms with Gasteiger partial charge in [-0.15, -0.1) is 0 Å². The zero-order valence-corrected chi connectivity index (χ0v) is 23.8. The molecule has 0 spiro atoms. The summed E-state index contributed by atoms with van der Waals surface area (Å²) in [4.78, 5) is 13.9. The molecule has 1 aromatic heterocycles. The summed E-state index contributed by atoms with van der Waals surface area (Å²) in [6, 6.07) is 8.85. The van der Waals surface area contributed by atoms with Crippen LogP contribution in [0, 0.1) is 5.82 Å². The predicted molar refractivity (Wildman–Crippen MR) is 149 cm³/mol. The Kier molecular flexibility index (Phi) is 9.82. The van der Waals surface area contributed by atoms with Crippen molar-refractivity contribution in [2.45, 2.75) is 36.4 Å². The maximum atomic E-state index is 14.3. The van der Waals surface area contributed by atoms with Crippen LogP contribution in [0.2, 0.25) is 5.02 Å². The first kappa shape index (κ1) is 32.0. The summed E-state index contributed by atoms with van der Waals surface area (Å²) in [5, 5.41) is 18.3. The third kappa shape index (κ3) is 7.56. The molecule has 230 valence electrons. The van der Waals surface area contributed by atoms with E-state index in [2.05, 4.69) is 4.98 Å². The summed E-state index contributed by atoms with van der Waals surface area (Å²) in [6.07, 6.45) is -3.03. The second-order valence-corrected chi connectivity index (χ2v) is 11.6. The van der Waals surface area contributed by atoms with Crippen LogP contribution in [0.5, 0.6) is 11.6 Å². The molecule has 15 heteroatoms. The van der Waals surface area contributed by atoms with Crippen molar-refractivity contribution in [1.29, 1.82) is 0 Å². The van der Waals surface area contributed by atoms with Crippen molar-refractivity contribution in [3.63, 3.8) is 0 Å². The van der Waals surface area contributed by atoms with Gasteiger partial charge in [-0.3, -0.25) is 9.10 Å². The third-order valence-electron chi connectivity index (χ3n) is 6.29. The quantitative estimate of drug-likeness (QED) is 0.156. The number of aliphatic hydroxyl groups is 1. The van der Waals surface area contributed by atoms with E-state index < -0.39 is 57.0 Å². The highest BCUT2D eigenvalue weighted by Gasteiger charge is 2.39. The number of halogens is 5. The Morgan fingerprint density at radius 2 is 1.98 bits per heavy atom. The molecular formula is C28H25ClF4N2O7S. The van der Waals surface area contributed by atoms with Gasteiger partial charge in [-0.25, -0.2) is 17.8 Å². The van der Waals surface area contributed by atoms with Crippen LogP contribution in [0.3, 0.4) is 0 Å². The minimum absolute atomic E-state index is 0.0222. The molecule has 0 saturated heterocycles. The van der Waals surface area contributed by atoms with Gasteiger partial charge in [0, 0.05) is 31.2 Å². The van der Waals surface area contributed by atoms with E-state index in [9.17, 15) is 30.8 Å². The SMILES string of the molecule is O=C(O)CC[C@H]1CN(S(=O)(=O)c2cc(C(F)(F)F)cnc2OCCCO)c2cc(/C=C/c3c(F)cccc3Cl)ccc2O1. The highest BCUT2D eigenvalue weighted by molar-refractivity contribution is 7.93. The van der Waals surface area contributed by atoms with Crippen molar-refractivity contribution < 1.29 is 50.5 Å². The van der Waals surface area contributed by atoms with Crippen molar-refractivity contribution in [3.8, 4) is 11.6 Å². The maximum Gasteiger partial charge on any atom is 0.417 e. The number of nitrogens with zero attached hydrogens (tertiary/aromatic N) is 2. The van der Waals surface area contributed by atoms with E-state index in [1.54, 1.807) is 0 Å². The number of alkyl halides is 3. The van der Waals surface area contributed by atoms with E-state index in [-0.39, 0.29) is 54.5 Å². The lowest BCUT2D eigenvalue weighted by Crippen LogP contribution is -2.44. The second kappa shape index (κ2) is 13.2. The number of ether oxygens (including phenoxy) is 2. The molecule has 0 aliphatic carbocycles. The lowest BCUT2D eigenvalue weighted by Gasteiger charge is -2.35. The molecule has 0 unspecified atom stereocenters. The smallest absolute Gasteiger partial charge is 0.417 e. The van der Waals surface area contributed by atoms with Crippen LogP contribution in [-0.2, 0) is 21.0 Å². The zero-order chi connectivity index (χ0) is 31.4. The summed E-state index contributed by atoms with van der Waals surface area (Å²) in [5.41, 5.74) is -0.953. The molecular weight excluding hydrogens is 620 g/mol. The molecule has 0 bridgehead atoms.